The summed E-state index contributed by atoms with van der Waals surface area (Å²) in [5, 5.41) is 7.55. The van der Waals surface area contributed by atoms with E-state index in [9.17, 15) is 4.79 Å². The van der Waals surface area contributed by atoms with Gasteiger partial charge in [0, 0.05) is 12.1 Å². The molecule has 0 aliphatic carbocycles. The van der Waals surface area contributed by atoms with Crippen molar-refractivity contribution in [1.82, 2.24) is 15.6 Å². The zero-order chi connectivity index (χ0) is 13.0. The number of hydrogen-bond acceptors (Lipinski definition) is 4. The van der Waals surface area contributed by atoms with Crippen LogP contribution >= 0.6 is 11.3 Å². The minimum absolute atomic E-state index is 0.0361. The molecule has 4 nitrogen and oxygen atoms in total. The number of carbonyl (C=O) groups is 1. The summed E-state index contributed by atoms with van der Waals surface area (Å²) >= 11 is 1.52. The first-order valence-electron chi connectivity index (χ1n) is 6.68. The molecule has 100 valence electrons. The number of hydrogen-bond donors (Lipinski definition) is 2. The molecule has 2 N–H and O–H groups in total. The van der Waals surface area contributed by atoms with E-state index in [2.05, 4.69) is 29.5 Å². The number of rotatable bonds is 4. The lowest BCUT2D eigenvalue weighted by Crippen LogP contribution is -2.46. The molecule has 1 fully saturated rings. The van der Waals surface area contributed by atoms with Gasteiger partial charge in [-0.3, -0.25) is 4.79 Å². The predicted octanol–water partition coefficient (Wildman–Crippen LogP) is 1.97. The number of amides is 1. The maximum absolute atomic E-state index is 12.1. The van der Waals surface area contributed by atoms with E-state index in [0.717, 1.165) is 42.1 Å². The highest BCUT2D eigenvalue weighted by atomic mass is 32.1. The van der Waals surface area contributed by atoms with Crippen LogP contribution in [0.5, 0.6) is 0 Å². The SMILES string of the molecule is CCCc1ncc(C(=O)NC2CCNC(C)C2)s1. The molecule has 2 atom stereocenters. The molecule has 1 aliphatic rings. The van der Waals surface area contributed by atoms with Gasteiger partial charge in [0.05, 0.1) is 11.2 Å². The van der Waals surface area contributed by atoms with Crippen molar-refractivity contribution in [2.45, 2.75) is 51.6 Å². The van der Waals surface area contributed by atoms with E-state index >= 15 is 0 Å². The van der Waals surface area contributed by atoms with Gasteiger partial charge in [0.15, 0.2) is 0 Å². The van der Waals surface area contributed by atoms with Crippen LogP contribution in [0.2, 0.25) is 0 Å². The quantitative estimate of drug-likeness (QED) is 0.877. The zero-order valence-corrected chi connectivity index (χ0v) is 11.8. The Morgan fingerprint density at radius 2 is 2.50 bits per heavy atom. The van der Waals surface area contributed by atoms with E-state index in [-0.39, 0.29) is 5.91 Å². The Labute approximate surface area is 112 Å². The summed E-state index contributed by atoms with van der Waals surface area (Å²) in [5.41, 5.74) is 0. The van der Waals surface area contributed by atoms with Gasteiger partial charge in [-0.2, -0.15) is 0 Å². The number of nitrogens with one attached hydrogen (secondary N) is 2. The van der Waals surface area contributed by atoms with Gasteiger partial charge in [-0.25, -0.2) is 4.98 Å². The molecule has 1 amide bonds. The third kappa shape index (κ3) is 3.53. The highest BCUT2D eigenvalue weighted by Gasteiger charge is 2.21. The fourth-order valence-electron chi connectivity index (χ4n) is 2.26. The largest absolute Gasteiger partial charge is 0.348 e. The second kappa shape index (κ2) is 6.29. The predicted molar refractivity (Wildman–Crippen MR) is 74.1 cm³/mol. The molecule has 18 heavy (non-hydrogen) atoms. The molecule has 2 unspecified atom stereocenters. The molecule has 2 heterocycles. The number of nitrogens with zero attached hydrogens (tertiary/aromatic N) is 1. The van der Waals surface area contributed by atoms with Crippen molar-refractivity contribution in [3.05, 3.63) is 16.1 Å². The molecule has 2 rings (SSSR count). The Morgan fingerprint density at radius 3 is 3.22 bits per heavy atom. The van der Waals surface area contributed by atoms with E-state index < -0.39 is 0 Å². The lowest BCUT2D eigenvalue weighted by molar-refractivity contribution is 0.0929. The molecule has 1 aromatic rings. The first-order valence-corrected chi connectivity index (χ1v) is 7.49. The third-order valence-corrected chi connectivity index (χ3v) is 4.26. The molecule has 0 spiro atoms. The van der Waals surface area contributed by atoms with Crippen molar-refractivity contribution in [3.8, 4) is 0 Å². The highest BCUT2D eigenvalue weighted by Crippen LogP contribution is 2.16. The van der Waals surface area contributed by atoms with Gasteiger partial charge in [-0.1, -0.05) is 6.92 Å². The van der Waals surface area contributed by atoms with Crippen molar-refractivity contribution in [2.24, 2.45) is 0 Å². The summed E-state index contributed by atoms with van der Waals surface area (Å²) in [4.78, 5) is 17.1. The molecule has 1 aromatic heterocycles. The molecule has 1 saturated heterocycles. The van der Waals surface area contributed by atoms with E-state index in [1.165, 1.54) is 11.3 Å². The van der Waals surface area contributed by atoms with Gasteiger partial charge < -0.3 is 10.6 Å². The van der Waals surface area contributed by atoms with Gasteiger partial charge in [-0.05, 0) is 39.2 Å². The van der Waals surface area contributed by atoms with Crippen molar-refractivity contribution >= 4 is 17.2 Å². The molecular weight excluding hydrogens is 246 g/mol. The maximum Gasteiger partial charge on any atom is 0.263 e. The van der Waals surface area contributed by atoms with Crippen molar-refractivity contribution in [2.75, 3.05) is 6.54 Å². The van der Waals surface area contributed by atoms with Crippen LogP contribution in [0.3, 0.4) is 0 Å². The van der Waals surface area contributed by atoms with E-state index in [4.69, 9.17) is 0 Å². The number of aromatic nitrogens is 1. The Hall–Kier alpha value is -0.940. The number of thiazole rings is 1. The van der Waals surface area contributed by atoms with Crippen LogP contribution in [0.1, 0.15) is 47.8 Å². The molecule has 0 radical (unpaired) electrons. The zero-order valence-electron chi connectivity index (χ0n) is 11.0. The van der Waals surface area contributed by atoms with E-state index in [1.54, 1.807) is 6.20 Å². The van der Waals surface area contributed by atoms with Gasteiger partial charge >= 0.3 is 0 Å². The normalized spacial score (nSPS) is 23.9. The number of piperidine rings is 1. The van der Waals surface area contributed by atoms with E-state index in [1.807, 2.05) is 0 Å². The summed E-state index contributed by atoms with van der Waals surface area (Å²) < 4.78 is 0. The van der Waals surface area contributed by atoms with Crippen LogP contribution in [0, 0.1) is 0 Å². The Kier molecular flexibility index (Phi) is 4.72. The first-order chi connectivity index (χ1) is 8.69. The molecule has 5 heteroatoms. The Balaban J connectivity index is 1.90. The molecule has 0 aromatic carbocycles. The number of carbonyl (C=O) groups excluding carboxylic acids is 1. The van der Waals surface area contributed by atoms with Crippen LogP contribution in [0.4, 0.5) is 0 Å². The summed E-state index contributed by atoms with van der Waals surface area (Å²) in [5.74, 6) is 0.0361. The van der Waals surface area contributed by atoms with E-state index in [0.29, 0.717) is 12.1 Å². The standard InChI is InChI=1S/C13H21N3OS/c1-3-4-12-15-8-11(18-12)13(17)16-10-5-6-14-9(2)7-10/h8-10,14H,3-7H2,1-2H3,(H,16,17). The highest BCUT2D eigenvalue weighted by molar-refractivity contribution is 7.13. The maximum atomic E-state index is 12.1. The van der Waals surface area contributed by atoms with Crippen molar-refractivity contribution < 1.29 is 4.79 Å². The minimum atomic E-state index is 0.0361. The molecule has 0 bridgehead atoms. The summed E-state index contributed by atoms with van der Waals surface area (Å²) in [6, 6.07) is 0.784. The lowest BCUT2D eigenvalue weighted by Gasteiger charge is -2.28. The molecular formula is C13H21N3OS. The fraction of sp³-hybridized carbons (Fsp3) is 0.692. The van der Waals surface area contributed by atoms with Crippen LogP contribution in [0.15, 0.2) is 6.20 Å². The summed E-state index contributed by atoms with van der Waals surface area (Å²) in [6.07, 6.45) is 5.75. The third-order valence-electron chi connectivity index (χ3n) is 3.20. The topological polar surface area (TPSA) is 54.0 Å². The summed E-state index contributed by atoms with van der Waals surface area (Å²) in [6.45, 7) is 5.26. The fourth-order valence-corrected chi connectivity index (χ4v) is 3.19. The molecule has 0 saturated carbocycles. The van der Waals surface area contributed by atoms with Crippen molar-refractivity contribution in [3.63, 3.8) is 0 Å². The Bertz CT molecular complexity index is 405. The average molecular weight is 267 g/mol. The lowest BCUT2D eigenvalue weighted by atomic mass is 10.0. The number of aryl methyl sites for hydroxylation is 1. The van der Waals surface area contributed by atoms with Crippen LogP contribution in [-0.2, 0) is 6.42 Å². The van der Waals surface area contributed by atoms with Gasteiger partial charge in [0.25, 0.3) is 5.91 Å². The van der Waals surface area contributed by atoms with Gasteiger partial charge in [0.2, 0.25) is 0 Å². The van der Waals surface area contributed by atoms with Crippen molar-refractivity contribution in [1.29, 1.82) is 0 Å². The minimum Gasteiger partial charge on any atom is -0.348 e. The average Bonchev–Trinajstić information content (AvgIpc) is 2.78. The first kappa shape index (κ1) is 13.5. The van der Waals surface area contributed by atoms with Crippen LogP contribution < -0.4 is 10.6 Å². The second-order valence-corrected chi connectivity index (χ2v) is 6.03. The second-order valence-electron chi connectivity index (χ2n) is 4.92. The summed E-state index contributed by atoms with van der Waals surface area (Å²) in [7, 11) is 0. The monoisotopic (exact) mass is 267 g/mol. The van der Waals surface area contributed by atoms with Gasteiger partial charge in [0.1, 0.15) is 4.88 Å². The van der Waals surface area contributed by atoms with Crippen LogP contribution in [-0.4, -0.2) is 29.5 Å². The van der Waals surface area contributed by atoms with Gasteiger partial charge in [-0.15, -0.1) is 11.3 Å². The smallest absolute Gasteiger partial charge is 0.263 e. The Morgan fingerprint density at radius 1 is 1.67 bits per heavy atom. The van der Waals surface area contributed by atoms with Crippen LogP contribution in [0.25, 0.3) is 0 Å². The molecule has 1 aliphatic heterocycles.